The zero-order chi connectivity index (χ0) is 92.2. The maximum atomic E-state index is 12.2. The van der Waals surface area contributed by atoms with E-state index >= 15 is 0 Å². The van der Waals surface area contributed by atoms with Gasteiger partial charge in [-0.15, -0.1) is 15.3 Å². The van der Waals surface area contributed by atoms with Gasteiger partial charge >= 0.3 is 0 Å². The van der Waals surface area contributed by atoms with Crippen LogP contribution in [0.3, 0.4) is 0 Å². The minimum atomic E-state index is -0.335. The van der Waals surface area contributed by atoms with Gasteiger partial charge in [0.25, 0.3) is 0 Å². The van der Waals surface area contributed by atoms with E-state index in [1.54, 1.807) is 65.4 Å². The number of aromatic nitrogens is 12. The van der Waals surface area contributed by atoms with E-state index in [1.165, 1.54) is 42.8 Å². The van der Waals surface area contributed by atoms with Gasteiger partial charge in [0.15, 0.2) is 5.65 Å². The first-order valence-electron chi connectivity index (χ1n) is 41.9. The molecule has 14 rings (SSSR count). The normalized spacial score (nSPS) is 12.4. The second-order valence-electron chi connectivity index (χ2n) is 32.0. The van der Waals surface area contributed by atoms with Gasteiger partial charge < -0.3 is 101 Å². The summed E-state index contributed by atoms with van der Waals surface area (Å²) in [6.45, 7) is 32.6. The van der Waals surface area contributed by atoms with Crippen molar-refractivity contribution in [2.45, 2.75) is 59.3 Å². The Hall–Kier alpha value is -14.4. The van der Waals surface area contributed by atoms with Gasteiger partial charge in [0.2, 0.25) is 41.5 Å². The van der Waals surface area contributed by atoms with Crippen LogP contribution in [0.4, 0.5) is 86.2 Å². The largest absolute Gasteiger partial charge is 0.494 e. The average Bonchev–Trinajstić information content (AvgIpc) is 1.53. The fraction of sp³-hybridized carbons (Fsp3) is 0.348. The second kappa shape index (κ2) is 43.5. The number of benzene rings is 4. The number of ether oxygens (including phenoxy) is 5. The highest BCUT2D eigenvalue weighted by molar-refractivity contribution is 6.05. The maximum Gasteiger partial charge on any atom is 0.247 e. The van der Waals surface area contributed by atoms with Gasteiger partial charge in [-0.3, -0.25) is 23.6 Å². The van der Waals surface area contributed by atoms with Crippen LogP contribution in [0.5, 0.6) is 28.7 Å². The average molecular weight is 1750 g/mol. The molecule has 128 heavy (non-hydrogen) atoms. The standard InChI is InChI=1S/C25H35N7O2.C23H28N6O3.C22H27N7O2.C22H29N7O2/c1-9-24(33)27-18-13-19(23(34-8)14-21(18)31(7)11-10-30(5)6)28-25-26-15-22-17(4)12-20(16(2)3)32(22)29-25;1-5-22(30)25-18-12-17(20(31-4)13-21(18)32-11-10-28(2)3)26-23-24-14-16-8-9-19(15-6-7-15)29(16)27-23;1-5-21(30)24-17-12-18(25-22-23-14-16-7-6-15(2)29(16)26-22)20(31-4)13-19(17)28-10-8-27(3)9-11-28;1-7-22(30)26-16-10-17(19(31-6)11-18(16)28(5)9-8-27(3)4)25-20-14-29-15(2)12-24-21(29)13-23-20/h9,12-16H,1,10-11H2,2-8H3,(H,27,33)(H,28,29);5,8-9,12-15H,1,6-7,10-11H2,2-4H3,(H,25,30)(H,26,27);5-7,12-14H,1,8-11H2,2-4H3,(H,24,30)(H,25,26);7,10-14,25H,1,8-9H2,2-6H3,(H,26,30). The SMILES string of the molecule is C=CC(=O)Nc1cc(Nc2cn3c(C)cnc3cn2)c(OC)cc1N(C)CCN(C)C.C=CC(=O)Nc1cc(Nc2ncc3c(C)cc(C(C)C)n3n2)c(OC)cc1N(C)CCN(C)C.C=CC(=O)Nc1cc(Nc2ncc3ccc(C)n3n2)c(OC)cc1N1CCN(C)CC1.C=CC(=O)Nc1cc(Nc2ncc3ccc(C4CC4)n3n2)c(OC)cc1OCCN(C)C. The number of hydrogen-bond acceptors (Lipinski definition) is 28. The highest BCUT2D eigenvalue weighted by Crippen LogP contribution is 2.44. The van der Waals surface area contributed by atoms with Crippen LogP contribution in [-0.2, 0) is 19.2 Å². The van der Waals surface area contributed by atoms with E-state index in [4.69, 9.17) is 28.8 Å². The van der Waals surface area contributed by atoms with E-state index in [2.05, 4.69) is 173 Å². The summed E-state index contributed by atoms with van der Waals surface area (Å²) in [4.78, 5) is 85.3. The van der Waals surface area contributed by atoms with E-state index in [1.807, 2.05) is 160 Å². The topological polar surface area (TPSA) is 354 Å². The van der Waals surface area contributed by atoms with Crippen LogP contribution >= 0.6 is 0 Å². The lowest BCUT2D eigenvalue weighted by Gasteiger charge is -2.35. The van der Waals surface area contributed by atoms with E-state index in [0.717, 1.165) is 121 Å². The van der Waals surface area contributed by atoms with E-state index < -0.39 is 0 Å². The number of aryl methyl sites for hydroxylation is 3. The number of nitrogens with zero attached hydrogens (tertiary/aromatic N) is 19. The lowest BCUT2D eigenvalue weighted by Crippen LogP contribution is -2.44. The molecule has 2 aliphatic rings. The number of rotatable bonds is 35. The van der Waals surface area contributed by atoms with Crippen LogP contribution in [0.2, 0.25) is 0 Å². The third kappa shape index (κ3) is 24.2. The summed E-state index contributed by atoms with van der Waals surface area (Å²) in [6.07, 6.45) is 18.1. The summed E-state index contributed by atoms with van der Waals surface area (Å²) >= 11 is 0. The fourth-order valence-corrected chi connectivity index (χ4v) is 13.8. The summed E-state index contributed by atoms with van der Waals surface area (Å²) in [5.74, 6) is 4.53. The number of nitrogens with one attached hydrogen (secondary N) is 8. The highest BCUT2D eigenvalue weighted by atomic mass is 16.5. The molecule has 0 bridgehead atoms. The van der Waals surface area contributed by atoms with Crippen molar-refractivity contribution in [1.29, 1.82) is 0 Å². The van der Waals surface area contributed by atoms with Crippen LogP contribution in [0.1, 0.15) is 66.9 Å². The minimum Gasteiger partial charge on any atom is -0.494 e. The Kier molecular flexibility index (Phi) is 32.1. The summed E-state index contributed by atoms with van der Waals surface area (Å²) < 4.78 is 36.1. The zero-order valence-electron chi connectivity index (χ0n) is 76.4. The van der Waals surface area contributed by atoms with Gasteiger partial charge in [-0.05, 0) is 173 Å². The molecule has 8 N–H and O–H groups in total. The predicted molar refractivity (Wildman–Crippen MR) is 510 cm³/mol. The van der Waals surface area contributed by atoms with Crippen molar-refractivity contribution in [2.24, 2.45) is 0 Å². The predicted octanol–water partition coefficient (Wildman–Crippen LogP) is 13.0. The quantitative estimate of drug-likeness (QED) is 0.0171. The Morgan fingerprint density at radius 3 is 1.45 bits per heavy atom. The molecule has 1 saturated heterocycles. The van der Waals surface area contributed by atoms with Crippen molar-refractivity contribution in [3.63, 3.8) is 0 Å². The molecule has 2 fully saturated rings. The monoisotopic (exact) mass is 1750 g/mol. The number of carbonyl (C=O) groups excluding carboxylic acids is 4. The lowest BCUT2D eigenvalue weighted by molar-refractivity contribution is -0.112. The number of anilines is 15. The molecule has 36 nitrogen and oxygen atoms in total. The first-order valence-corrected chi connectivity index (χ1v) is 41.9. The number of piperazine rings is 1. The molecule has 36 heteroatoms. The molecule has 1 aliphatic carbocycles. The first kappa shape index (κ1) is 94.3. The number of carbonyl (C=O) groups is 4. The van der Waals surface area contributed by atoms with Crippen molar-refractivity contribution in [3.8, 4) is 28.7 Å². The summed E-state index contributed by atoms with van der Waals surface area (Å²) in [5, 5.41) is 38.5. The molecular formula is C92H119N27O9. The van der Waals surface area contributed by atoms with Crippen LogP contribution in [0.25, 0.3) is 22.2 Å². The Morgan fingerprint density at radius 1 is 0.469 bits per heavy atom. The molecule has 12 aromatic rings. The smallest absolute Gasteiger partial charge is 0.247 e. The summed E-state index contributed by atoms with van der Waals surface area (Å²) in [7, 11) is 24.5. The van der Waals surface area contributed by atoms with Gasteiger partial charge in [-0.2, -0.15) is 0 Å². The Labute approximate surface area is 746 Å². The minimum absolute atomic E-state index is 0.271. The van der Waals surface area contributed by atoms with Crippen molar-refractivity contribution in [1.82, 2.24) is 77.8 Å². The van der Waals surface area contributed by atoms with Crippen molar-refractivity contribution < 1.29 is 42.9 Å². The van der Waals surface area contributed by atoms with Crippen LogP contribution in [-0.4, -0.2) is 259 Å². The molecule has 0 atom stereocenters. The molecule has 8 aromatic heterocycles. The molecule has 4 aromatic carbocycles. The lowest BCUT2D eigenvalue weighted by atomic mass is 10.1. The van der Waals surface area contributed by atoms with Crippen LogP contribution < -0.4 is 80.9 Å². The fourth-order valence-electron chi connectivity index (χ4n) is 13.8. The Balaban J connectivity index is 0.000000165. The molecule has 0 radical (unpaired) electrons. The molecule has 1 saturated carbocycles. The van der Waals surface area contributed by atoms with Gasteiger partial charge in [-0.1, -0.05) is 40.2 Å². The number of hydrogen-bond donors (Lipinski definition) is 8. The van der Waals surface area contributed by atoms with Gasteiger partial charge in [0, 0.05) is 132 Å². The summed E-state index contributed by atoms with van der Waals surface area (Å²) in [5.41, 5.74) is 16.7. The molecule has 4 amide bonds. The van der Waals surface area contributed by atoms with Crippen molar-refractivity contribution in [2.75, 3.05) is 215 Å². The van der Waals surface area contributed by atoms with E-state index in [0.29, 0.717) is 116 Å². The molecule has 1 aliphatic heterocycles. The van der Waals surface area contributed by atoms with Crippen molar-refractivity contribution in [3.05, 3.63) is 195 Å². The van der Waals surface area contributed by atoms with Crippen LogP contribution in [0.15, 0.2) is 167 Å². The molecule has 0 unspecified atom stereocenters. The Bertz CT molecular complexity index is 5960. The zero-order valence-corrected chi connectivity index (χ0v) is 76.4. The molecular weight excluding hydrogens is 1630 g/mol. The number of fused-ring (bicyclic) bond motifs is 4. The molecule has 9 heterocycles. The first-order chi connectivity index (χ1) is 61.4. The summed E-state index contributed by atoms with van der Waals surface area (Å²) in [6, 6.07) is 25.0. The highest BCUT2D eigenvalue weighted by Gasteiger charge is 2.29. The number of imidazole rings is 1. The van der Waals surface area contributed by atoms with E-state index in [9.17, 15) is 19.2 Å². The maximum absolute atomic E-state index is 12.2. The van der Waals surface area contributed by atoms with E-state index in [-0.39, 0.29) is 23.6 Å². The van der Waals surface area contributed by atoms with Crippen molar-refractivity contribution >= 4 is 132 Å². The van der Waals surface area contributed by atoms with Gasteiger partial charge in [0.05, 0.1) is 139 Å². The third-order valence-corrected chi connectivity index (χ3v) is 21.2. The molecule has 0 spiro atoms. The number of likely N-dealkylation sites (N-methyl/N-ethyl adjacent to an activating group) is 6. The molecule has 676 valence electrons. The van der Waals surface area contributed by atoms with Gasteiger partial charge in [-0.25, -0.2) is 38.5 Å². The number of methoxy groups -OCH3 is 4. The van der Waals surface area contributed by atoms with Gasteiger partial charge in [0.1, 0.15) is 41.2 Å². The van der Waals surface area contributed by atoms with Crippen LogP contribution in [0, 0.1) is 20.8 Å². The Morgan fingerprint density at radius 2 is 0.930 bits per heavy atom. The number of amides is 4. The third-order valence-electron chi connectivity index (χ3n) is 21.2. The second-order valence-corrected chi connectivity index (χ2v) is 32.0.